The predicted octanol–water partition coefficient (Wildman–Crippen LogP) is 6.58. The molecule has 1 N–H and O–H groups in total. The van der Waals surface area contributed by atoms with Crippen LogP contribution in [0.4, 0.5) is 4.39 Å². The van der Waals surface area contributed by atoms with Gasteiger partial charge in [-0.3, -0.25) is 4.79 Å². The topological polar surface area (TPSA) is 105 Å². The van der Waals surface area contributed by atoms with E-state index in [0.29, 0.717) is 22.5 Å². The second-order valence-corrected chi connectivity index (χ2v) is 8.44. The largest absolute Gasteiger partial charge is 0.453 e. The molecule has 172 valence electrons. The number of ketones is 1. The lowest BCUT2D eigenvalue weighted by Gasteiger charge is -2.11. The van der Waals surface area contributed by atoms with E-state index in [4.69, 9.17) is 37.6 Å². The number of nitriles is 1. The van der Waals surface area contributed by atoms with Crippen molar-refractivity contribution in [1.82, 2.24) is 15.2 Å². The Balaban J connectivity index is 1.63. The molecule has 0 aliphatic heterocycles. The number of benzene rings is 2. The molecule has 0 fully saturated rings. The van der Waals surface area contributed by atoms with Crippen molar-refractivity contribution in [3.8, 4) is 29.2 Å². The highest BCUT2D eigenvalue weighted by Crippen LogP contribution is 2.36. The van der Waals surface area contributed by atoms with Gasteiger partial charge in [0.15, 0.2) is 17.3 Å². The summed E-state index contributed by atoms with van der Waals surface area (Å²) in [6.07, 6.45) is -0.0241. The Labute approximate surface area is 204 Å². The van der Waals surface area contributed by atoms with Crippen molar-refractivity contribution in [3.63, 3.8) is 0 Å². The molecule has 0 atom stereocenters. The van der Waals surface area contributed by atoms with Crippen LogP contribution < -0.4 is 4.74 Å². The summed E-state index contributed by atoms with van der Waals surface area (Å²) in [5.74, 6) is -0.483. The van der Waals surface area contributed by atoms with Gasteiger partial charge in [-0.15, -0.1) is 10.2 Å². The van der Waals surface area contributed by atoms with E-state index >= 15 is 4.39 Å². The summed E-state index contributed by atoms with van der Waals surface area (Å²) in [4.78, 5) is 15.0. The fourth-order valence-electron chi connectivity index (χ4n) is 3.69. The number of aromatic nitrogens is 3. The van der Waals surface area contributed by atoms with E-state index in [0.717, 1.165) is 0 Å². The van der Waals surface area contributed by atoms with Crippen LogP contribution in [-0.2, 0) is 6.42 Å². The number of carbonyl (C=O) groups is 1. The molecule has 2 heterocycles. The van der Waals surface area contributed by atoms with Gasteiger partial charge in [0.05, 0.1) is 23.1 Å². The zero-order valence-corrected chi connectivity index (χ0v) is 19.8. The maximum atomic E-state index is 15.3. The second-order valence-electron chi connectivity index (χ2n) is 7.60. The molecule has 0 amide bonds. The average molecular weight is 499 g/mol. The number of Topliss-reactive ketones (excluding diaryl/α,β-unsaturated/α-hetero) is 1. The van der Waals surface area contributed by atoms with E-state index in [1.165, 1.54) is 37.3 Å². The smallest absolute Gasteiger partial charge is 0.264 e. The molecule has 0 saturated carbocycles. The molecule has 10 heteroatoms. The fourth-order valence-corrected chi connectivity index (χ4v) is 4.10. The van der Waals surface area contributed by atoms with Crippen molar-refractivity contribution in [2.75, 3.05) is 0 Å². The van der Waals surface area contributed by atoms with Gasteiger partial charge in [0.2, 0.25) is 5.89 Å². The lowest BCUT2D eigenvalue weighted by molar-refractivity contribution is 0.101. The molecule has 4 aromatic rings. The monoisotopic (exact) mass is 498 g/mol. The van der Waals surface area contributed by atoms with Crippen molar-refractivity contribution in [3.05, 3.63) is 80.0 Å². The number of halogens is 3. The predicted molar refractivity (Wildman–Crippen MR) is 124 cm³/mol. The van der Waals surface area contributed by atoms with Gasteiger partial charge in [0, 0.05) is 21.8 Å². The minimum absolute atomic E-state index is 0.0241. The first kappa shape index (κ1) is 23.5. The highest BCUT2D eigenvalue weighted by atomic mass is 35.5. The third kappa shape index (κ3) is 4.53. The minimum Gasteiger partial charge on any atom is -0.453 e. The Morgan fingerprint density at radius 3 is 2.68 bits per heavy atom. The number of hydrogen-bond acceptors (Lipinski definition) is 6. The highest BCUT2D eigenvalue weighted by Gasteiger charge is 2.22. The van der Waals surface area contributed by atoms with Crippen LogP contribution in [0.3, 0.4) is 0 Å². The van der Waals surface area contributed by atoms with E-state index in [1.54, 1.807) is 13.8 Å². The number of aryl methyl sites for hydroxylation is 1. The van der Waals surface area contributed by atoms with Crippen molar-refractivity contribution < 1.29 is 18.3 Å². The van der Waals surface area contributed by atoms with Crippen LogP contribution >= 0.6 is 23.2 Å². The van der Waals surface area contributed by atoms with E-state index in [9.17, 15) is 4.79 Å². The number of hydrogen-bond donors (Lipinski definition) is 1. The van der Waals surface area contributed by atoms with Crippen LogP contribution in [0, 0.1) is 31.0 Å². The van der Waals surface area contributed by atoms with E-state index in [2.05, 4.69) is 15.2 Å². The maximum Gasteiger partial charge on any atom is 0.264 e. The second kappa shape index (κ2) is 9.29. The van der Waals surface area contributed by atoms with Gasteiger partial charge < -0.3 is 14.1 Å². The molecule has 0 unspecified atom stereocenters. The SMILES string of the molecule is CC(=O)c1c(C)[nH]c(-c2nnc(Cc3ccc(Cl)c(Oc4cc(Cl)cc(C#N)c4)c3F)o2)c1C. The van der Waals surface area contributed by atoms with Gasteiger partial charge in [-0.1, -0.05) is 29.3 Å². The summed E-state index contributed by atoms with van der Waals surface area (Å²) in [6.45, 7) is 5.06. The van der Waals surface area contributed by atoms with Gasteiger partial charge in [-0.2, -0.15) is 5.26 Å². The Morgan fingerprint density at radius 2 is 2.00 bits per heavy atom. The zero-order valence-electron chi connectivity index (χ0n) is 18.3. The Hall–Kier alpha value is -3.67. The number of nitrogens with one attached hydrogen (secondary N) is 1. The molecular weight excluding hydrogens is 482 g/mol. The van der Waals surface area contributed by atoms with Crippen LogP contribution in [0.2, 0.25) is 10.0 Å². The van der Waals surface area contributed by atoms with Crippen LogP contribution in [0.1, 0.15) is 45.6 Å². The molecule has 0 aliphatic rings. The molecule has 0 aliphatic carbocycles. The molecule has 0 spiro atoms. The third-order valence-electron chi connectivity index (χ3n) is 5.16. The highest BCUT2D eigenvalue weighted by molar-refractivity contribution is 6.32. The number of ether oxygens (including phenoxy) is 1. The summed E-state index contributed by atoms with van der Waals surface area (Å²) >= 11 is 12.2. The van der Waals surface area contributed by atoms with Gasteiger partial charge in [0.1, 0.15) is 11.4 Å². The Kier molecular flexibility index (Phi) is 6.42. The maximum absolute atomic E-state index is 15.3. The van der Waals surface area contributed by atoms with Crippen molar-refractivity contribution >= 4 is 29.0 Å². The summed E-state index contributed by atoms with van der Waals surface area (Å²) < 4.78 is 26.6. The third-order valence-corrected chi connectivity index (χ3v) is 5.68. The molecule has 34 heavy (non-hydrogen) atoms. The van der Waals surface area contributed by atoms with Gasteiger partial charge >= 0.3 is 0 Å². The average Bonchev–Trinajstić information content (AvgIpc) is 3.36. The van der Waals surface area contributed by atoms with Crippen LogP contribution in [0.25, 0.3) is 11.6 Å². The number of H-pyrrole nitrogens is 1. The summed E-state index contributed by atoms with van der Waals surface area (Å²) in [7, 11) is 0. The van der Waals surface area contributed by atoms with E-state index < -0.39 is 5.82 Å². The minimum atomic E-state index is -0.712. The number of carbonyl (C=O) groups excluding carboxylic acids is 1. The first-order chi connectivity index (χ1) is 16.2. The fraction of sp³-hybridized carbons (Fsp3) is 0.167. The number of rotatable bonds is 6. The zero-order chi connectivity index (χ0) is 24.6. The normalized spacial score (nSPS) is 10.9. The summed E-state index contributed by atoms with van der Waals surface area (Å²) in [6, 6.07) is 9.27. The van der Waals surface area contributed by atoms with Crippen LogP contribution in [0.5, 0.6) is 11.5 Å². The van der Waals surface area contributed by atoms with E-state index in [-0.39, 0.29) is 56.7 Å². The standard InChI is InChI=1S/C24H17Cl2FN4O3/c1-11-20(13(3)32)12(2)29-22(11)24-31-30-19(34-24)8-15-4-5-18(26)23(21(15)27)33-17-7-14(10-28)6-16(25)9-17/h4-7,9,29H,8H2,1-3H3. The Morgan fingerprint density at radius 1 is 1.24 bits per heavy atom. The van der Waals surface area contributed by atoms with Gasteiger partial charge in [-0.25, -0.2) is 4.39 Å². The lowest BCUT2D eigenvalue weighted by Crippen LogP contribution is -1.98. The molecule has 7 nitrogen and oxygen atoms in total. The molecule has 2 aromatic heterocycles. The molecule has 2 aromatic carbocycles. The lowest BCUT2D eigenvalue weighted by atomic mass is 10.1. The number of aromatic amines is 1. The van der Waals surface area contributed by atoms with Gasteiger partial charge in [-0.05, 0) is 50.6 Å². The van der Waals surface area contributed by atoms with Crippen molar-refractivity contribution in [2.24, 2.45) is 0 Å². The molecule has 4 rings (SSSR count). The van der Waals surface area contributed by atoms with Gasteiger partial charge in [0.25, 0.3) is 5.89 Å². The summed E-state index contributed by atoms with van der Waals surface area (Å²) in [5, 5.41) is 17.5. The molecule has 0 radical (unpaired) electrons. The molecule has 0 saturated heterocycles. The van der Waals surface area contributed by atoms with Crippen LogP contribution in [-0.4, -0.2) is 21.0 Å². The van der Waals surface area contributed by atoms with Crippen molar-refractivity contribution in [2.45, 2.75) is 27.2 Å². The first-order valence-corrected chi connectivity index (χ1v) is 10.8. The van der Waals surface area contributed by atoms with Crippen LogP contribution in [0.15, 0.2) is 34.7 Å². The van der Waals surface area contributed by atoms with E-state index in [1.807, 2.05) is 6.07 Å². The Bertz CT molecular complexity index is 1470. The molecular formula is C24H17Cl2FN4O3. The quantitative estimate of drug-likeness (QED) is 0.300. The van der Waals surface area contributed by atoms with Crippen molar-refractivity contribution in [1.29, 1.82) is 5.26 Å². The summed E-state index contributed by atoms with van der Waals surface area (Å²) in [5.41, 5.74) is 2.98. The number of nitrogens with zero attached hydrogens (tertiary/aromatic N) is 3. The molecule has 0 bridgehead atoms. The first-order valence-electron chi connectivity index (χ1n) is 10.1.